The van der Waals surface area contributed by atoms with Crippen LogP contribution in [0.2, 0.25) is 0 Å². The normalized spacial score (nSPS) is 12.1. The Morgan fingerprint density at radius 3 is 2.61 bits per heavy atom. The van der Waals surface area contributed by atoms with E-state index in [1.54, 1.807) is 0 Å². The van der Waals surface area contributed by atoms with Gasteiger partial charge in [0.15, 0.2) is 0 Å². The molecule has 1 unspecified atom stereocenters. The van der Waals surface area contributed by atoms with Crippen LogP contribution < -0.4 is 5.32 Å². The van der Waals surface area contributed by atoms with Crippen LogP contribution >= 0.6 is 0 Å². The molecule has 3 heteroatoms. The molecule has 1 amide bonds. The summed E-state index contributed by atoms with van der Waals surface area (Å²) in [7, 11) is 3.76. The summed E-state index contributed by atoms with van der Waals surface area (Å²) in [4.78, 5) is 14.1. The standard InChI is InChI=1S/C15H24N2O/c1-6-11(2)10-17(5)15(18)14-8-7-13(16-4)9-12(14)3/h7-9,11,16H,6,10H2,1-5H3. The first kappa shape index (κ1) is 14.6. The molecule has 100 valence electrons. The lowest BCUT2D eigenvalue weighted by atomic mass is 10.0. The fraction of sp³-hybridized carbons (Fsp3) is 0.533. The number of nitrogens with one attached hydrogen (secondary N) is 1. The summed E-state index contributed by atoms with van der Waals surface area (Å²) in [6.45, 7) is 7.10. The molecule has 0 aromatic heterocycles. The maximum atomic E-state index is 12.3. The summed E-state index contributed by atoms with van der Waals surface area (Å²) >= 11 is 0. The molecule has 1 atom stereocenters. The Hall–Kier alpha value is -1.51. The Morgan fingerprint density at radius 1 is 1.44 bits per heavy atom. The minimum absolute atomic E-state index is 0.107. The molecular weight excluding hydrogens is 224 g/mol. The van der Waals surface area contributed by atoms with Gasteiger partial charge < -0.3 is 10.2 Å². The number of hydrogen-bond donors (Lipinski definition) is 1. The average Bonchev–Trinajstić information content (AvgIpc) is 2.37. The zero-order valence-corrected chi connectivity index (χ0v) is 12.1. The van der Waals surface area contributed by atoms with Gasteiger partial charge in [-0.05, 0) is 36.6 Å². The van der Waals surface area contributed by atoms with Crippen LogP contribution in [0.15, 0.2) is 18.2 Å². The van der Waals surface area contributed by atoms with Crippen molar-refractivity contribution in [2.45, 2.75) is 27.2 Å². The summed E-state index contributed by atoms with van der Waals surface area (Å²) in [6, 6.07) is 5.85. The predicted octanol–water partition coefficient (Wildman–Crippen LogP) is 3.15. The first-order valence-electron chi connectivity index (χ1n) is 6.53. The van der Waals surface area contributed by atoms with Gasteiger partial charge in [0.2, 0.25) is 0 Å². The molecule has 0 saturated carbocycles. The zero-order valence-electron chi connectivity index (χ0n) is 12.1. The van der Waals surface area contributed by atoms with E-state index in [9.17, 15) is 4.79 Å². The molecule has 0 saturated heterocycles. The van der Waals surface area contributed by atoms with Crippen molar-refractivity contribution >= 4 is 11.6 Å². The molecule has 0 spiro atoms. The van der Waals surface area contributed by atoms with Crippen LogP contribution in [-0.2, 0) is 0 Å². The van der Waals surface area contributed by atoms with Crippen LogP contribution in [0.25, 0.3) is 0 Å². The van der Waals surface area contributed by atoms with E-state index >= 15 is 0 Å². The van der Waals surface area contributed by atoms with Gasteiger partial charge in [0, 0.05) is 31.9 Å². The zero-order chi connectivity index (χ0) is 13.7. The van der Waals surface area contributed by atoms with Gasteiger partial charge >= 0.3 is 0 Å². The van der Waals surface area contributed by atoms with E-state index in [2.05, 4.69) is 19.2 Å². The molecule has 1 N–H and O–H groups in total. The number of benzene rings is 1. The van der Waals surface area contributed by atoms with E-state index in [4.69, 9.17) is 0 Å². The predicted molar refractivity (Wildman–Crippen MR) is 77.1 cm³/mol. The van der Waals surface area contributed by atoms with Crippen molar-refractivity contribution in [3.8, 4) is 0 Å². The Morgan fingerprint density at radius 2 is 2.11 bits per heavy atom. The Bertz CT molecular complexity index is 415. The Balaban J connectivity index is 2.83. The average molecular weight is 248 g/mol. The number of amides is 1. The van der Waals surface area contributed by atoms with E-state index in [1.165, 1.54) is 0 Å². The number of carbonyl (C=O) groups excluding carboxylic acids is 1. The molecule has 0 heterocycles. The maximum Gasteiger partial charge on any atom is 0.253 e. The minimum atomic E-state index is 0.107. The molecule has 1 aromatic rings. The quantitative estimate of drug-likeness (QED) is 0.868. The number of rotatable bonds is 5. The van der Waals surface area contributed by atoms with Gasteiger partial charge in [-0.25, -0.2) is 0 Å². The fourth-order valence-corrected chi connectivity index (χ4v) is 1.94. The third-order valence-corrected chi connectivity index (χ3v) is 3.37. The fourth-order valence-electron chi connectivity index (χ4n) is 1.94. The molecule has 1 aromatic carbocycles. The van der Waals surface area contributed by atoms with Crippen molar-refractivity contribution in [3.05, 3.63) is 29.3 Å². The lowest BCUT2D eigenvalue weighted by Gasteiger charge is -2.22. The highest BCUT2D eigenvalue weighted by Crippen LogP contribution is 2.17. The summed E-state index contributed by atoms with van der Waals surface area (Å²) in [6.07, 6.45) is 1.09. The van der Waals surface area contributed by atoms with Gasteiger partial charge in [-0.15, -0.1) is 0 Å². The van der Waals surface area contributed by atoms with Crippen LogP contribution in [0.4, 0.5) is 5.69 Å². The molecule has 0 aliphatic carbocycles. The highest BCUT2D eigenvalue weighted by Gasteiger charge is 2.15. The number of aryl methyl sites for hydroxylation is 1. The van der Waals surface area contributed by atoms with Crippen molar-refractivity contribution in [3.63, 3.8) is 0 Å². The summed E-state index contributed by atoms with van der Waals surface area (Å²) < 4.78 is 0. The first-order valence-corrected chi connectivity index (χ1v) is 6.53. The Kier molecular flexibility index (Phi) is 5.20. The number of hydrogen-bond acceptors (Lipinski definition) is 2. The van der Waals surface area contributed by atoms with E-state index in [0.717, 1.165) is 29.8 Å². The second-order valence-electron chi connectivity index (χ2n) is 4.98. The summed E-state index contributed by atoms with van der Waals surface area (Å²) in [5.41, 5.74) is 2.84. The molecule has 3 nitrogen and oxygen atoms in total. The first-order chi connectivity index (χ1) is 8.49. The maximum absolute atomic E-state index is 12.3. The van der Waals surface area contributed by atoms with Crippen LogP contribution in [0.3, 0.4) is 0 Å². The minimum Gasteiger partial charge on any atom is -0.388 e. The van der Waals surface area contributed by atoms with Crippen LogP contribution in [-0.4, -0.2) is 31.4 Å². The monoisotopic (exact) mass is 248 g/mol. The summed E-state index contributed by atoms with van der Waals surface area (Å²) in [5.74, 6) is 0.645. The van der Waals surface area contributed by atoms with Gasteiger partial charge in [0.05, 0.1) is 0 Å². The van der Waals surface area contributed by atoms with Crippen molar-refractivity contribution in [1.29, 1.82) is 0 Å². The summed E-state index contributed by atoms with van der Waals surface area (Å²) in [5, 5.41) is 3.08. The largest absolute Gasteiger partial charge is 0.388 e. The van der Waals surface area contributed by atoms with E-state index in [1.807, 2.05) is 44.1 Å². The third-order valence-electron chi connectivity index (χ3n) is 3.37. The van der Waals surface area contributed by atoms with Gasteiger partial charge in [0.25, 0.3) is 5.91 Å². The lowest BCUT2D eigenvalue weighted by molar-refractivity contribution is 0.0774. The molecule has 0 bridgehead atoms. The van der Waals surface area contributed by atoms with Crippen LogP contribution in [0, 0.1) is 12.8 Å². The Labute approximate surface area is 110 Å². The molecule has 0 aliphatic rings. The highest BCUT2D eigenvalue weighted by molar-refractivity contribution is 5.95. The lowest BCUT2D eigenvalue weighted by Crippen LogP contribution is -2.31. The van der Waals surface area contributed by atoms with Gasteiger partial charge in [-0.2, -0.15) is 0 Å². The van der Waals surface area contributed by atoms with Crippen LogP contribution in [0.5, 0.6) is 0 Å². The SMILES string of the molecule is CCC(C)CN(C)C(=O)c1ccc(NC)cc1C. The molecule has 0 aliphatic heterocycles. The van der Waals surface area contributed by atoms with Gasteiger partial charge in [0.1, 0.15) is 0 Å². The van der Waals surface area contributed by atoms with Gasteiger partial charge in [-0.1, -0.05) is 20.3 Å². The molecule has 0 radical (unpaired) electrons. The molecular formula is C15H24N2O. The van der Waals surface area contributed by atoms with Crippen LogP contribution in [0.1, 0.15) is 36.2 Å². The smallest absolute Gasteiger partial charge is 0.253 e. The number of carbonyl (C=O) groups is 1. The van der Waals surface area contributed by atoms with Crippen molar-refractivity contribution in [2.75, 3.05) is 26.0 Å². The second kappa shape index (κ2) is 6.43. The second-order valence-corrected chi connectivity index (χ2v) is 4.98. The van der Waals surface area contributed by atoms with E-state index < -0.39 is 0 Å². The van der Waals surface area contributed by atoms with Crippen molar-refractivity contribution < 1.29 is 4.79 Å². The van der Waals surface area contributed by atoms with E-state index in [0.29, 0.717) is 5.92 Å². The molecule has 0 fully saturated rings. The molecule has 18 heavy (non-hydrogen) atoms. The third kappa shape index (κ3) is 3.49. The van der Waals surface area contributed by atoms with Gasteiger partial charge in [-0.3, -0.25) is 4.79 Å². The topological polar surface area (TPSA) is 32.3 Å². The van der Waals surface area contributed by atoms with Crippen molar-refractivity contribution in [2.24, 2.45) is 5.92 Å². The number of anilines is 1. The van der Waals surface area contributed by atoms with E-state index in [-0.39, 0.29) is 5.91 Å². The highest BCUT2D eigenvalue weighted by atomic mass is 16.2. The number of nitrogens with zero attached hydrogens (tertiary/aromatic N) is 1. The van der Waals surface area contributed by atoms with Crippen molar-refractivity contribution in [1.82, 2.24) is 4.90 Å². The molecule has 1 rings (SSSR count).